The lowest BCUT2D eigenvalue weighted by Gasteiger charge is -2.36. The van der Waals surface area contributed by atoms with Gasteiger partial charge in [0.1, 0.15) is 0 Å². The molecule has 1 aliphatic heterocycles. The van der Waals surface area contributed by atoms with Gasteiger partial charge in [-0.05, 0) is 18.2 Å². The summed E-state index contributed by atoms with van der Waals surface area (Å²) in [7, 11) is 0. The molecule has 0 aromatic heterocycles. The molecule has 2 unspecified atom stereocenters. The van der Waals surface area contributed by atoms with E-state index in [-0.39, 0.29) is 0 Å². The van der Waals surface area contributed by atoms with Crippen molar-refractivity contribution in [1.82, 2.24) is 0 Å². The Morgan fingerprint density at radius 3 is 2.50 bits per heavy atom. The Morgan fingerprint density at radius 1 is 1.31 bits per heavy atom. The van der Waals surface area contributed by atoms with Crippen LogP contribution in [-0.4, -0.2) is 23.6 Å². The first-order chi connectivity index (χ1) is 7.56. The number of rotatable bonds is 1. The fourth-order valence-electron chi connectivity index (χ4n) is 2.19. The van der Waals surface area contributed by atoms with Crippen LogP contribution in [0.5, 0.6) is 0 Å². The second kappa shape index (κ2) is 4.88. The minimum absolute atomic E-state index is 0.673. The van der Waals surface area contributed by atoms with E-state index in [1.807, 2.05) is 6.07 Å². The van der Waals surface area contributed by atoms with Gasteiger partial charge in [-0.2, -0.15) is 11.8 Å². The molecule has 0 aliphatic carbocycles. The minimum atomic E-state index is 0.673. The van der Waals surface area contributed by atoms with Gasteiger partial charge in [0.25, 0.3) is 0 Å². The summed E-state index contributed by atoms with van der Waals surface area (Å²) >= 11 is 5.50. The first kappa shape index (κ1) is 12.1. The van der Waals surface area contributed by atoms with Gasteiger partial charge >= 0.3 is 0 Å². The van der Waals surface area contributed by atoms with E-state index in [1.54, 1.807) is 0 Å². The van der Waals surface area contributed by atoms with Crippen LogP contribution in [-0.2, 0) is 0 Å². The molecule has 1 fully saturated rings. The first-order valence-corrected chi connectivity index (χ1v) is 7.25. The highest BCUT2D eigenvalue weighted by Crippen LogP contribution is 2.32. The Labute approximate surface area is 110 Å². The van der Waals surface area contributed by atoms with Crippen LogP contribution in [0.4, 0.5) is 11.4 Å². The third-order valence-corrected chi connectivity index (χ3v) is 4.47. The van der Waals surface area contributed by atoms with Crippen molar-refractivity contribution >= 4 is 39.1 Å². The molecule has 2 nitrogen and oxygen atoms in total. The summed E-state index contributed by atoms with van der Waals surface area (Å²) < 4.78 is 1.04. The molecule has 4 heteroatoms. The Balaban J connectivity index is 2.23. The van der Waals surface area contributed by atoms with E-state index >= 15 is 0 Å². The van der Waals surface area contributed by atoms with Crippen LogP contribution < -0.4 is 10.6 Å². The molecule has 1 aliphatic rings. The number of hydrogen-bond donors (Lipinski definition) is 1. The lowest BCUT2D eigenvalue weighted by molar-refractivity contribution is 0.729. The molecular weight excluding hydrogens is 284 g/mol. The summed E-state index contributed by atoms with van der Waals surface area (Å²) in [6.45, 7) is 6.73. The van der Waals surface area contributed by atoms with Crippen LogP contribution in [0.1, 0.15) is 13.8 Å². The Hall–Kier alpha value is -0.350. The van der Waals surface area contributed by atoms with Gasteiger partial charge < -0.3 is 10.6 Å². The Kier molecular flexibility index (Phi) is 3.70. The molecule has 0 amide bonds. The van der Waals surface area contributed by atoms with Crippen LogP contribution in [0, 0.1) is 0 Å². The lowest BCUT2D eigenvalue weighted by Crippen LogP contribution is -2.40. The molecule has 0 spiro atoms. The second-order valence-electron chi connectivity index (χ2n) is 4.37. The molecule has 0 bridgehead atoms. The molecule has 1 saturated heterocycles. The first-order valence-electron chi connectivity index (χ1n) is 5.51. The van der Waals surface area contributed by atoms with Gasteiger partial charge in [-0.15, -0.1) is 0 Å². The largest absolute Gasteiger partial charge is 0.397 e. The van der Waals surface area contributed by atoms with Crippen molar-refractivity contribution in [3.63, 3.8) is 0 Å². The second-order valence-corrected chi connectivity index (χ2v) is 7.16. The van der Waals surface area contributed by atoms with Gasteiger partial charge in [-0.25, -0.2) is 0 Å². The zero-order valence-electron chi connectivity index (χ0n) is 9.61. The normalized spacial score (nSPS) is 25.8. The lowest BCUT2D eigenvalue weighted by atomic mass is 10.2. The van der Waals surface area contributed by atoms with E-state index in [2.05, 4.69) is 58.6 Å². The van der Waals surface area contributed by atoms with Gasteiger partial charge in [0, 0.05) is 28.1 Å². The van der Waals surface area contributed by atoms with Crippen LogP contribution in [0.3, 0.4) is 0 Å². The highest BCUT2D eigenvalue weighted by atomic mass is 79.9. The Morgan fingerprint density at radius 2 is 1.94 bits per heavy atom. The fraction of sp³-hybridized carbons (Fsp3) is 0.500. The molecule has 88 valence electrons. The van der Waals surface area contributed by atoms with Gasteiger partial charge in [0.15, 0.2) is 0 Å². The highest BCUT2D eigenvalue weighted by molar-refractivity contribution is 9.10. The third kappa shape index (κ3) is 2.66. The summed E-state index contributed by atoms with van der Waals surface area (Å²) in [6.07, 6.45) is 0. The molecule has 16 heavy (non-hydrogen) atoms. The SMILES string of the molecule is CC1CN(c2ccc(Br)cc2N)CC(C)S1. The predicted molar refractivity (Wildman–Crippen MR) is 77.3 cm³/mol. The molecule has 1 aromatic carbocycles. The van der Waals surface area contributed by atoms with Gasteiger partial charge in [0.05, 0.1) is 11.4 Å². The van der Waals surface area contributed by atoms with E-state index in [1.165, 1.54) is 5.69 Å². The van der Waals surface area contributed by atoms with E-state index in [4.69, 9.17) is 5.73 Å². The molecular formula is C12H17BrN2S. The maximum atomic E-state index is 6.06. The Bertz CT molecular complexity index is 373. The highest BCUT2D eigenvalue weighted by Gasteiger charge is 2.23. The van der Waals surface area contributed by atoms with Crippen molar-refractivity contribution in [2.75, 3.05) is 23.7 Å². The van der Waals surface area contributed by atoms with Crippen molar-refractivity contribution in [2.45, 2.75) is 24.3 Å². The van der Waals surface area contributed by atoms with Crippen molar-refractivity contribution < 1.29 is 0 Å². The summed E-state index contributed by atoms with van der Waals surface area (Å²) in [5.74, 6) is 0. The number of hydrogen-bond acceptors (Lipinski definition) is 3. The van der Waals surface area contributed by atoms with Crippen LogP contribution in [0.25, 0.3) is 0 Å². The quantitative estimate of drug-likeness (QED) is 0.807. The van der Waals surface area contributed by atoms with Crippen LogP contribution in [0.2, 0.25) is 0 Å². The average Bonchev–Trinajstić information content (AvgIpc) is 2.15. The average molecular weight is 301 g/mol. The van der Waals surface area contributed by atoms with Crippen molar-refractivity contribution in [1.29, 1.82) is 0 Å². The standard InChI is InChI=1S/C12H17BrN2S/c1-8-6-15(7-9(2)16-8)12-4-3-10(13)5-11(12)14/h3-5,8-9H,6-7,14H2,1-2H3. The maximum absolute atomic E-state index is 6.06. The third-order valence-electron chi connectivity index (χ3n) is 2.75. The van der Waals surface area contributed by atoms with Crippen LogP contribution >= 0.6 is 27.7 Å². The maximum Gasteiger partial charge on any atom is 0.0601 e. The number of halogens is 1. The fourth-order valence-corrected chi connectivity index (χ4v) is 3.89. The van der Waals surface area contributed by atoms with Crippen molar-refractivity contribution in [3.8, 4) is 0 Å². The van der Waals surface area contributed by atoms with Gasteiger partial charge in [-0.3, -0.25) is 0 Å². The molecule has 2 rings (SSSR count). The van der Waals surface area contributed by atoms with Crippen molar-refractivity contribution in [3.05, 3.63) is 22.7 Å². The number of anilines is 2. The van der Waals surface area contributed by atoms with Gasteiger partial charge in [0.2, 0.25) is 0 Å². The summed E-state index contributed by atoms with van der Waals surface area (Å²) in [5.41, 5.74) is 8.10. The molecule has 1 heterocycles. The minimum Gasteiger partial charge on any atom is -0.397 e. The molecule has 2 atom stereocenters. The predicted octanol–water partition coefficient (Wildman–Crippen LogP) is 3.36. The monoisotopic (exact) mass is 300 g/mol. The summed E-state index contributed by atoms with van der Waals surface area (Å²) in [4.78, 5) is 2.40. The number of benzene rings is 1. The van der Waals surface area contributed by atoms with Gasteiger partial charge in [-0.1, -0.05) is 29.8 Å². The number of thioether (sulfide) groups is 1. The molecule has 2 N–H and O–H groups in total. The topological polar surface area (TPSA) is 29.3 Å². The number of nitrogens with zero attached hydrogens (tertiary/aromatic N) is 1. The summed E-state index contributed by atoms with van der Waals surface area (Å²) in [6, 6.07) is 6.14. The smallest absolute Gasteiger partial charge is 0.0601 e. The molecule has 0 saturated carbocycles. The summed E-state index contributed by atoms with van der Waals surface area (Å²) in [5, 5.41) is 1.35. The van der Waals surface area contributed by atoms with E-state index in [9.17, 15) is 0 Å². The van der Waals surface area contributed by atoms with Crippen LogP contribution in [0.15, 0.2) is 22.7 Å². The van der Waals surface area contributed by atoms with Crippen molar-refractivity contribution in [2.24, 2.45) is 0 Å². The molecule has 0 radical (unpaired) electrons. The zero-order chi connectivity index (χ0) is 11.7. The van der Waals surface area contributed by atoms with E-state index in [0.717, 1.165) is 23.2 Å². The van der Waals surface area contributed by atoms with E-state index < -0.39 is 0 Å². The number of nitrogen functional groups attached to an aromatic ring is 1. The zero-order valence-corrected chi connectivity index (χ0v) is 12.0. The molecule has 1 aromatic rings. The van der Waals surface area contributed by atoms with E-state index in [0.29, 0.717) is 10.5 Å². The number of nitrogens with two attached hydrogens (primary N) is 1.